The summed E-state index contributed by atoms with van der Waals surface area (Å²) in [4.78, 5) is 11.6. The first kappa shape index (κ1) is 22.6. The molecule has 0 radical (unpaired) electrons. The third-order valence-electron chi connectivity index (χ3n) is 4.08. The number of allylic oxidation sites excluding steroid dienone is 2. The van der Waals surface area contributed by atoms with E-state index >= 15 is 0 Å². The molecule has 0 spiro atoms. The Bertz CT molecular complexity index is 834. The molecule has 0 aliphatic carbocycles. The normalized spacial score (nSPS) is 11.4. The van der Waals surface area contributed by atoms with Crippen molar-refractivity contribution in [2.45, 2.75) is 11.7 Å². The third kappa shape index (κ3) is 7.00. The molecule has 0 aliphatic heterocycles. The van der Waals surface area contributed by atoms with Gasteiger partial charge in [-0.15, -0.1) is 0 Å². The minimum absolute atomic E-state index is 0.356. The Labute approximate surface area is 178 Å². The number of methoxy groups -OCH3 is 4. The van der Waals surface area contributed by atoms with E-state index in [1.54, 1.807) is 27.4 Å². The molecule has 6 heteroatoms. The Morgan fingerprint density at radius 1 is 0.931 bits per heavy atom. The van der Waals surface area contributed by atoms with Gasteiger partial charge in [0.25, 0.3) is 0 Å². The van der Waals surface area contributed by atoms with Crippen molar-refractivity contribution >= 4 is 31.5 Å². The van der Waals surface area contributed by atoms with Gasteiger partial charge < -0.3 is 0 Å². The molecule has 0 heterocycles. The molecule has 2 aromatic rings. The molecule has 5 nitrogen and oxygen atoms in total. The molecule has 0 saturated carbocycles. The average Bonchev–Trinajstić information content (AvgIpc) is 2.76. The molecule has 0 unspecified atom stereocenters. The second-order valence-electron chi connectivity index (χ2n) is 5.95. The summed E-state index contributed by atoms with van der Waals surface area (Å²) in [6.07, 6.45) is 6.10. The number of hydrogen-bond donors (Lipinski definition) is 0. The number of rotatable bonds is 10. The van der Waals surface area contributed by atoms with E-state index in [0.717, 1.165) is 22.9 Å². The molecule has 29 heavy (non-hydrogen) atoms. The summed E-state index contributed by atoms with van der Waals surface area (Å²) < 4.78 is 22.3. The fourth-order valence-corrected chi connectivity index (χ4v) is 4.59. The van der Waals surface area contributed by atoms with Crippen LogP contribution in [-0.4, -0.2) is 49.4 Å². The minimum atomic E-state index is -0.380. The molecule has 0 N–H and O–H groups in total. The van der Waals surface area contributed by atoms with Gasteiger partial charge in [0.1, 0.15) is 0 Å². The average molecular weight is 461 g/mol. The van der Waals surface area contributed by atoms with Gasteiger partial charge in [0.2, 0.25) is 0 Å². The van der Waals surface area contributed by atoms with Gasteiger partial charge in [0.15, 0.2) is 0 Å². The molecular weight excluding hydrogens is 435 g/mol. The zero-order valence-electron chi connectivity index (χ0n) is 17.1. The van der Waals surface area contributed by atoms with Crippen molar-refractivity contribution in [1.29, 1.82) is 0 Å². The van der Waals surface area contributed by atoms with Crippen LogP contribution in [0.1, 0.15) is 12.0 Å². The number of esters is 1. The van der Waals surface area contributed by atoms with Gasteiger partial charge in [0, 0.05) is 0 Å². The van der Waals surface area contributed by atoms with Crippen LogP contribution in [0.25, 0.3) is 6.08 Å². The fraction of sp³-hybridized carbons (Fsp3) is 0.261. The van der Waals surface area contributed by atoms with E-state index in [1.165, 1.54) is 17.6 Å². The van der Waals surface area contributed by atoms with Crippen LogP contribution < -0.4 is 18.7 Å². The van der Waals surface area contributed by atoms with Crippen molar-refractivity contribution in [3.63, 3.8) is 0 Å². The van der Waals surface area contributed by atoms with Crippen molar-refractivity contribution in [3.05, 3.63) is 65.8 Å². The quantitative estimate of drug-likeness (QED) is 0.234. The van der Waals surface area contributed by atoms with Gasteiger partial charge in [-0.3, -0.25) is 0 Å². The van der Waals surface area contributed by atoms with Crippen molar-refractivity contribution in [2.75, 3.05) is 28.4 Å². The van der Waals surface area contributed by atoms with Crippen molar-refractivity contribution in [3.8, 4) is 17.2 Å². The Morgan fingerprint density at radius 2 is 1.59 bits per heavy atom. The summed E-state index contributed by atoms with van der Waals surface area (Å²) in [5.74, 6) is 1.34. The molecule has 0 amide bonds. The zero-order chi connectivity index (χ0) is 21.1. The third-order valence-corrected chi connectivity index (χ3v) is 6.20. The van der Waals surface area contributed by atoms with E-state index in [-0.39, 0.29) is 5.97 Å². The molecule has 2 aromatic carbocycles. The van der Waals surface area contributed by atoms with Gasteiger partial charge in [0.05, 0.1) is 0 Å². The van der Waals surface area contributed by atoms with Gasteiger partial charge >= 0.3 is 178 Å². The molecular formula is C23H26O5Se. The van der Waals surface area contributed by atoms with E-state index in [4.69, 9.17) is 18.9 Å². The summed E-state index contributed by atoms with van der Waals surface area (Å²) in [5.41, 5.74) is 1.92. The number of carbonyl (C=O) groups is 1. The number of carbonyl (C=O) groups excluding carboxylic acids is 1. The standard InChI is InChI=1S/C23H26O5Se/c1-25-20-15-18(16-21(26-2)23(20)28-4)14-17(10-11-22(24)27-3)12-13-29-19-8-6-5-7-9-19/h5-11,14-16H,12-13H2,1-4H3/b11-10+,17-14-. The fourth-order valence-electron chi connectivity index (χ4n) is 2.65. The van der Waals surface area contributed by atoms with E-state index < -0.39 is 0 Å². The van der Waals surface area contributed by atoms with Crippen LogP contribution in [0.15, 0.2) is 60.2 Å². The van der Waals surface area contributed by atoms with Crippen LogP contribution >= 0.6 is 0 Å². The summed E-state index contributed by atoms with van der Waals surface area (Å²) >= 11 is 0.356. The SMILES string of the molecule is COC(=O)/C=C/C(=C/c1cc(OC)c(OC)c(OC)c1)CC[Se]c1ccccc1. The van der Waals surface area contributed by atoms with Crippen molar-refractivity contribution < 1.29 is 23.7 Å². The first-order valence-corrected chi connectivity index (χ1v) is 11.1. The molecule has 0 aromatic heterocycles. The van der Waals surface area contributed by atoms with Crippen LogP contribution in [0.2, 0.25) is 5.32 Å². The summed E-state index contributed by atoms with van der Waals surface area (Å²) in [6.45, 7) is 0. The first-order chi connectivity index (χ1) is 14.1. The molecule has 0 saturated heterocycles. The maximum atomic E-state index is 11.6. The Kier molecular flexibility index (Phi) is 9.35. The van der Waals surface area contributed by atoms with Crippen molar-refractivity contribution in [1.82, 2.24) is 0 Å². The van der Waals surface area contributed by atoms with Crippen LogP contribution in [0, 0.1) is 0 Å². The number of benzene rings is 2. The van der Waals surface area contributed by atoms with Gasteiger partial charge in [-0.2, -0.15) is 0 Å². The monoisotopic (exact) mass is 462 g/mol. The molecule has 0 atom stereocenters. The van der Waals surface area contributed by atoms with E-state index in [2.05, 4.69) is 24.3 Å². The molecule has 0 aliphatic rings. The predicted octanol–water partition coefficient (Wildman–Crippen LogP) is 3.66. The maximum absolute atomic E-state index is 11.6. The Morgan fingerprint density at radius 3 is 2.14 bits per heavy atom. The Hall–Kier alpha value is -2.69. The Balaban J connectivity index is 2.27. The summed E-state index contributed by atoms with van der Waals surface area (Å²) in [7, 11) is 6.12. The summed E-state index contributed by atoms with van der Waals surface area (Å²) in [6, 6.07) is 14.2. The first-order valence-electron chi connectivity index (χ1n) is 9.05. The van der Waals surface area contributed by atoms with Gasteiger partial charge in [-0.1, -0.05) is 0 Å². The number of ether oxygens (including phenoxy) is 4. The van der Waals surface area contributed by atoms with Gasteiger partial charge in [-0.05, 0) is 0 Å². The summed E-state index contributed by atoms with van der Waals surface area (Å²) in [5, 5.41) is 1.01. The van der Waals surface area contributed by atoms with Crippen LogP contribution in [0.4, 0.5) is 0 Å². The van der Waals surface area contributed by atoms with E-state index in [1.807, 2.05) is 24.3 Å². The van der Waals surface area contributed by atoms with E-state index in [9.17, 15) is 4.79 Å². The number of hydrogen-bond acceptors (Lipinski definition) is 5. The van der Waals surface area contributed by atoms with Gasteiger partial charge in [-0.25, -0.2) is 0 Å². The van der Waals surface area contributed by atoms with Crippen LogP contribution in [0.5, 0.6) is 17.2 Å². The second kappa shape index (κ2) is 12.0. The van der Waals surface area contributed by atoms with Crippen LogP contribution in [-0.2, 0) is 9.53 Å². The van der Waals surface area contributed by atoms with Crippen LogP contribution in [0.3, 0.4) is 0 Å². The zero-order valence-corrected chi connectivity index (χ0v) is 18.9. The van der Waals surface area contributed by atoms with Crippen molar-refractivity contribution in [2.24, 2.45) is 0 Å². The second-order valence-corrected chi connectivity index (χ2v) is 8.40. The van der Waals surface area contributed by atoms with E-state index in [0.29, 0.717) is 32.2 Å². The topological polar surface area (TPSA) is 54.0 Å². The predicted molar refractivity (Wildman–Crippen MR) is 116 cm³/mol. The molecule has 0 bridgehead atoms. The molecule has 0 fully saturated rings. The molecule has 2 rings (SSSR count). The molecule has 154 valence electrons.